The van der Waals surface area contributed by atoms with E-state index in [2.05, 4.69) is 42.5 Å². The van der Waals surface area contributed by atoms with Gasteiger partial charge in [0, 0.05) is 12.2 Å². The minimum Gasteiger partial charge on any atom is -0.384 e. The molecule has 2 rings (SSSR count). The van der Waals surface area contributed by atoms with Crippen molar-refractivity contribution in [2.75, 3.05) is 32.5 Å². The van der Waals surface area contributed by atoms with Gasteiger partial charge in [0.2, 0.25) is 0 Å². The predicted octanol–water partition coefficient (Wildman–Crippen LogP) is 2.15. The van der Waals surface area contributed by atoms with Crippen LogP contribution in [-0.4, -0.2) is 32.1 Å². The van der Waals surface area contributed by atoms with Gasteiger partial charge in [0.05, 0.1) is 0 Å². The van der Waals surface area contributed by atoms with Gasteiger partial charge in [-0.1, -0.05) is 12.1 Å². The number of fused-ring (bicyclic) bond motifs is 1. The van der Waals surface area contributed by atoms with Crippen LogP contribution >= 0.6 is 0 Å². The molecule has 1 aliphatic heterocycles. The maximum absolute atomic E-state index is 3.39. The lowest BCUT2D eigenvalue weighted by Crippen LogP contribution is -2.13. The van der Waals surface area contributed by atoms with Crippen molar-refractivity contribution in [1.82, 2.24) is 4.90 Å². The van der Waals surface area contributed by atoms with Crippen LogP contribution in [0.5, 0.6) is 0 Å². The highest BCUT2D eigenvalue weighted by Crippen LogP contribution is 2.23. The van der Waals surface area contributed by atoms with Crippen molar-refractivity contribution in [3.8, 4) is 0 Å². The molecule has 1 aliphatic rings. The molecule has 1 heterocycles. The minimum atomic E-state index is 1.11. The maximum Gasteiger partial charge on any atom is 0.0373 e. The average Bonchev–Trinajstić information content (AvgIpc) is 2.64. The summed E-state index contributed by atoms with van der Waals surface area (Å²) in [7, 11) is 4.26. The molecule has 2 nitrogen and oxygen atoms in total. The van der Waals surface area contributed by atoms with Crippen LogP contribution in [0.4, 0.5) is 5.69 Å². The van der Waals surface area contributed by atoms with Crippen LogP contribution in [-0.2, 0) is 12.8 Å². The van der Waals surface area contributed by atoms with Crippen molar-refractivity contribution in [1.29, 1.82) is 0 Å². The van der Waals surface area contributed by atoms with Gasteiger partial charge in [0.25, 0.3) is 0 Å². The largest absolute Gasteiger partial charge is 0.384 e. The number of rotatable bonds is 4. The van der Waals surface area contributed by atoms with Crippen molar-refractivity contribution in [2.45, 2.75) is 19.3 Å². The normalized spacial score (nSPS) is 14.1. The summed E-state index contributed by atoms with van der Waals surface area (Å²) in [6.45, 7) is 2.28. The first-order chi connectivity index (χ1) is 7.25. The summed E-state index contributed by atoms with van der Waals surface area (Å²) in [5.74, 6) is 0. The fourth-order valence-electron chi connectivity index (χ4n) is 2.11. The van der Waals surface area contributed by atoms with E-state index in [-0.39, 0.29) is 0 Å². The SMILES string of the molecule is CN(C)CCCc1ccc2c(c1)CCN2. The lowest BCUT2D eigenvalue weighted by molar-refractivity contribution is 0.400. The summed E-state index contributed by atoms with van der Waals surface area (Å²) in [5.41, 5.74) is 4.32. The fraction of sp³-hybridized carbons (Fsp3) is 0.538. The van der Waals surface area contributed by atoms with Crippen molar-refractivity contribution in [2.24, 2.45) is 0 Å². The highest BCUT2D eigenvalue weighted by atomic mass is 15.0. The summed E-state index contributed by atoms with van der Waals surface area (Å²) in [6.07, 6.45) is 3.64. The Kier molecular flexibility index (Phi) is 3.27. The van der Waals surface area contributed by atoms with Gasteiger partial charge in [0.15, 0.2) is 0 Å². The quantitative estimate of drug-likeness (QED) is 0.808. The molecule has 15 heavy (non-hydrogen) atoms. The van der Waals surface area contributed by atoms with Gasteiger partial charge in [-0.3, -0.25) is 0 Å². The summed E-state index contributed by atoms with van der Waals surface area (Å²) in [5, 5.41) is 3.39. The van der Waals surface area contributed by atoms with E-state index in [9.17, 15) is 0 Å². The molecule has 1 aromatic rings. The molecule has 0 fully saturated rings. The summed E-state index contributed by atoms with van der Waals surface area (Å²) < 4.78 is 0. The number of hydrogen-bond acceptors (Lipinski definition) is 2. The first-order valence-electron chi connectivity index (χ1n) is 5.76. The summed E-state index contributed by atoms with van der Waals surface area (Å²) in [4.78, 5) is 2.24. The van der Waals surface area contributed by atoms with Crippen LogP contribution in [0.25, 0.3) is 0 Å². The van der Waals surface area contributed by atoms with Crippen molar-refractivity contribution in [3.05, 3.63) is 29.3 Å². The van der Waals surface area contributed by atoms with Crippen molar-refractivity contribution in [3.63, 3.8) is 0 Å². The van der Waals surface area contributed by atoms with E-state index in [1.165, 1.54) is 42.6 Å². The molecule has 0 saturated carbocycles. The molecule has 0 spiro atoms. The monoisotopic (exact) mass is 204 g/mol. The minimum absolute atomic E-state index is 1.11. The Morgan fingerprint density at radius 1 is 1.33 bits per heavy atom. The lowest BCUT2D eigenvalue weighted by atomic mass is 10.0. The third-order valence-electron chi connectivity index (χ3n) is 2.95. The first kappa shape index (κ1) is 10.5. The Morgan fingerprint density at radius 3 is 3.00 bits per heavy atom. The number of nitrogens with one attached hydrogen (secondary N) is 1. The molecule has 0 atom stereocenters. The maximum atomic E-state index is 3.39. The van der Waals surface area contributed by atoms with Crippen LogP contribution in [0.2, 0.25) is 0 Å². The number of anilines is 1. The van der Waals surface area contributed by atoms with Crippen LogP contribution in [0, 0.1) is 0 Å². The molecule has 0 bridgehead atoms. The van der Waals surface area contributed by atoms with E-state index in [0.29, 0.717) is 0 Å². The zero-order valence-electron chi connectivity index (χ0n) is 9.71. The number of benzene rings is 1. The van der Waals surface area contributed by atoms with E-state index < -0.39 is 0 Å². The van der Waals surface area contributed by atoms with Gasteiger partial charge < -0.3 is 10.2 Å². The molecule has 0 aromatic heterocycles. The van der Waals surface area contributed by atoms with Gasteiger partial charge in [-0.25, -0.2) is 0 Å². The van der Waals surface area contributed by atoms with Crippen molar-refractivity contribution >= 4 is 5.69 Å². The predicted molar refractivity (Wildman–Crippen MR) is 65.5 cm³/mol. The second-order valence-corrected chi connectivity index (χ2v) is 4.58. The van der Waals surface area contributed by atoms with E-state index >= 15 is 0 Å². The zero-order valence-corrected chi connectivity index (χ0v) is 9.71. The van der Waals surface area contributed by atoms with Crippen molar-refractivity contribution < 1.29 is 0 Å². The van der Waals surface area contributed by atoms with Gasteiger partial charge in [0.1, 0.15) is 0 Å². The molecule has 82 valence electrons. The third kappa shape index (κ3) is 2.72. The van der Waals surface area contributed by atoms with E-state index in [1.54, 1.807) is 0 Å². The fourth-order valence-corrected chi connectivity index (χ4v) is 2.11. The highest BCUT2D eigenvalue weighted by molar-refractivity contribution is 5.56. The number of nitrogens with zero attached hydrogens (tertiary/aromatic N) is 1. The van der Waals surface area contributed by atoms with E-state index in [1.807, 2.05) is 0 Å². The van der Waals surface area contributed by atoms with E-state index in [4.69, 9.17) is 0 Å². The van der Waals surface area contributed by atoms with Crippen LogP contribution in [0.1, 0.15) is 17.5 Å². The topological polar surface area (TPSA) is 15.3 Å². The molecule has 0 saturated heterocycles. The van der Waals surface area contributed by atoms with E-state index in [0.717, 1.165) is 6.54 Å². The number of hydrogen-bond donors (Lipinski definition) is 1. The zero-order chi connectivity index (χ0) is 10.7. The lowest BCUT2D eigenvalue weighted by Gasteiger charge is -2.09. The number of aryl methyl sites for hydroxylation is 1. The Bertz CT molecular complexity index is 331. The highest BCUT2D eigenvalue weighted by Gasteiger charge is 2.09. The summed E-state index contributed by atoms with van der Waals surface area (Å²) >= 11 is 0. The molecule has 1 aromatic carbocycles. The Labute approximate surface area is 92.3 Å². The molecule has 0 amide bonds. The van der Waals surface area contributed by atoms with Gasteiger partial charge in [-0.2, -0.15) is 0 Å². The molecule has 1 N–H and O–H groups in total. The molecular formula is C13H20N2. The van der Waals surface area contributed by atoms with Crippen LogP contribution in [0.3, 0.4) is 0 Å². The molecule has 0 aliphatic carbocycles. The van der Waals surface area contributed by atoms with Crippen LogP contribution < -0.4 is 5.32 Å². The molecule has 2 heteroatoms. The summed E-state index contributed by atoms with van der Waals surface area (Å²) in [6, 6.07) is 6.85. The van der Waals surface area contributed by atoms with Gasteiger partial charge in [-0.15, -0.1) is 0 Å². The average molecular weight is 204 g/mol. The Hall–Kier alpha value is -1.02. The molecule has 0 radical (unpaired) electrons. The first-order valence-corrected chi connectivity index (χ1v) is 5.76. The third-order valence-corrected chi connectivity index (χ3v) is 2.95. The smallest absolute Gasteiger partial charge is 0.0373 e. The van der Waals surface area contributed by atoms with Crippen LogP contribution in [0.15, 0.2) is 18.2 Å². The van der Waals surface area contributed by atoms with Gasteiger partial charge >= 0.3 is 0 Å². The van der Waals surface area contributed by atoms with Gasteiger partial charge in [-0.05, 0) is 57.1 Å². The molecule has 0 unspecified atom stereocenters. The second kappa shape index (κ2) is 4.67. The molecular weight excluding hydrogens is 184 g/mol. The second-order valence-electron chi connectivity index (χ2n) is 4.58. The Morgan fingerprint density at radius 2 is 2.20 bits per heavy atom. The standard InChI is InChI=1S/C13H20N2/c1-15(2)9-3-4-11-5-6-13-12(10-11)7-8-14-13/h5-6,10,14H,3-4,7-9H2,1-2H3. The Balaban J connectivity index is 1.92.